The van der Waals surface area contributed by atoms with Crippen molar-refractivity contribution in [1.82, 2.24) is 0 Å². The van der Waals surface area contributed by atoms with E-state index in [2.05, 4.69) is 11.3 Å². The monoisotopic (exact) mass is 270 g/mol. The van der Waals surface area contributed by atoms with Gasteiger partial charge in [0.25, 0.3) is 0 Å². The van der Waals surface area contributed by atoms with Crippen molar-refractivity contribution in [2.75, 3.05) is 6.61 Å². The van der Waals surface area contributed by atoms with Crippen molar-refractivity contribution in [3.8, 4) is 0 Å². The molecule has 9 heteroatoms. The van der Waals surface area contributed by atoms with Crippen LogP contribution in [0.4, 0.5) is 31.0 Å². The first kappa shape index (κ1) is 18.1. The van der Waals surface area contributed by atoms with Gasteiger partial charge in [-0.05, 0) is 6.92 Å². The van der Waals surface area contributed by atoms with Crippen LogP contribution < -0.4 is 0 Å². The summed E-state index contributed by atoms with van der Waals surface area (Å²) < 4.78 is 76.5. The van der Waals surface area contributed by atoms with Gasteiger partial charge in [0.2, 0.25) is 0 Å². The van der Waals surface area contributed by atoms with Crippen LogP contribution in [-0.2, 0) is 9.53 Å². The van der Waals surface area contributed by atoms with E-state index >= 15 is 0 Å². The van der Waals surface area contributed by atoms with Gasteiger partial charge in [-0.1, -0.05) is 6.58 Å². The lowest BCUT2D eigenvalue weighted by Gasteiger charge is -2.25. The summed E-state index contributed by atoms with van der Waals surface area (Å²) in [5, 5.41) is 0. The van der Waals surface area contributed by atoms with Gasteiger partial charge in [-0.2, -0.15) is 17.6 Å². The largest absolute Gasteiger partial charge is 0.456 e. The minimum Gasteiger partial charge on any atom is -0.456 e. The summed E-state index contributed by atoms with van der Waals surface area (Å²) in [6.45, 7) is 1.96. The van der Waals surface area contributed by atoms with E-state index in [1.165, 1.54) is 0 Å². The molecule has 17 heavy (non-hydrogen) atoms. The fourth-order valence-corrected chi connectivity index (χ4v) is 0.535. The molecule has 0 bridgehead atoms. The predicted molar refractivity (Wildman–Crippen MR) is 44.2 cm³/mol. The minimum atomic E-state index is -5.55. The normalized spacial score (nSPS) is 12.0. The molecule has 0 atom stereocenters. The Kier molecular flexibility index (Phi) is 6.25. The van der Waals surface area contributed by atoms with Gasteiger partial charge in [-0.25, -0.2) is 13.6 Å². The summed E-state index contributed by atoms with van der Waals surface area (Å²) in [4.78, 5) is 10.6. The Bertz CT molecular complexity index is 288. The van der Waals surface area contributed by atoms with Crippen LogP contribution in [0, 0.1) is 0 Å². The molecule has 0 rings (SSSR count). The predicted octanol–water partition coefficient (Wildman–Crippen LogP) is 2.79. The summed E-state index contributed by atoms with van der Waals surface area (Å²) >= 11 is 0. The van der Waals surface area contributed by atoms with Gasteiger partial charge in [-0.3, -0.25) is 4.70 Å². The second-order valence-corrected chi connectivity index (χ2v) is 2.98. The second kappa shape index (κ2) is 5.87. The van der Waals surface area contributed by atoms with Crippen molar-refractivity contribution in [2.45, 2.75) is 25.2 Å². The zero-order valence-electron chi connectivity index (χ0n) is 8.48. The molecule has 0 unspecified atom stereocenters. The van der Waals surface area contributed by atoms with Gasteiger partial charge >= 0.3 is 24.2 Å². The van der Waals surface area contributed by atoms with E-state index in [-0.39, 0.29) is 10.3 Å². The van der Waals surface area contributed by atoms with E-state index in [0.717, 1.165) is 6.92 Å². The number of carbonyl (C=O) groups excluding carboxylic acids is 1. The van der Waals surface area contributed by atoms with Crippen molar-refractivity contribution in [3.63, 3.8) is 0 Å². The zero-order valence-corrected chi connectivity index (χ0v) is 8.48. The Labute approximate surface area is 91.6 Å². The maximum absolute atomic E-state index is 12.5. The molecule has 0 radical (unpaired) electrons. The van der Waals surface area contributed by atoms with Gasteiger partial charge in [0, 0.05) is 5.57 Å². The molecule has 0 saturated heterocycles. The van der Waals surface area contributed by atoms with Gasteiger partial charge in [0.1, 0.15) is 0 Å². The quantitative estimate of drug-likeness (QED) is 0.436. The van der Waals surface area contributed by atoms with Crippen LogP contribution in [-0.4, -0.2) is 30.8 Å². The summed E-state index contributed by atoms with van der Waals surface area (Å²) in [5.74, 6) is -12.0. The zero-order chi connectivity index (χ0) is 13.1. The van der Waals surface area contributed by atoms with Crippen LogP contribution >= 0.6 is 0 Å². The molecule has 0 heterocycles. The van der Waals surface area contributed by atoms with Crippen molar-refractivity contribution in [3.05, 3.63) is 12.2 Å². The molecule has 102 valence electrons. The van der Waals surface area contributed by atoms with E-state index in [9.17, 15) is 31.1 Å². The minimum absolute atomic E-state index is 0. The Morgan fingerprint density at radius 2 is 1.71 bits per heavy atom. The van der Waals surface area contributed by atoms with Crippen LogP contribution in [0.15, 0.2) is 12.2 Å². The summed E-state index contributed by atoms with van der Waals surface area (Å²) in [7, 11) is 0. The van der Waals surface area contributed by atoms with E-state index in [4.69, 9.17) is 0 Å². The highest BCUT2D eigenvalue weighted by atomic mass is 19.3. The topological polar surface area (TPSA) is 26.3 Å². The average molecular weight is 270 g/mol. The van der Waals surface area contributed by atoms with Crippen LogP contribution in [0.1, 0.15) is 6.92 Å². The van der Waals surface area contributed by atoms with Crippen molar-refractivity contribution in [1.29, 1.82) is 0 Å². The molecule has 0 fully saturated rings. The summed E-state index contributed by atoms with van der Waals surface area (Å²) in [6.07, 6.45) is -4.55. The molecule has 2 nitrogen and oxygen atoms in total. The lowest BCUT2D eigenvalue weighted by molar-refractivity contribution is -0.276. The van der Waals surface area contributed by atoms with E-state index in [1.807, 2.05) is 0 Å². The van der Waals surface area contributed by atoms with Crippen molar-refractivity contribution >= 4 is 5.97 Å². The van der Waals surface area contributed by atoms with Crippen LogP contribution in [0.3, 0.4) is 0 Å². The van der Waals surface area contributed by atoms with E-state index in [1.54, 1.807) is 0 Å². The number of carbonyl (C=O) groups is 1. The third-order valence-corrected chi connectivity index (χ3v) is 1.49. The van der Waals surface area contributed by atoms with Gasteiger partial charge in [0.15, 0.2) is 6.61 Å². The molecule has 0 aromatic carbocycles. The van der Waals surface area contributed by atoms with Gasteiger partial charge < -0.3 is 4.74 Å². The smallest absolute Gasteiger partial charge is 0.372 e. The molecule has 0 N–H and O–H groups in total. The molecule has 0 aliphatic rings. The van der Waals surface area contributed by atoms with Crippen LogP contribution in [0.5, 0.6) is 0 Å². The van der Waals surface area contributed by atoms with Gasteiger partial charge in [-0.15, -0.1) is 0 Å². The number of halogens is 7. The number of esters is 1. The number of rotatable bonds is 5. The third kappa shape index (κ3) is 4.23. The molecular formula is C8H9F7O2. The lowest BCUT2D eigenvalue weighted by atomic mass is 10.2. The highest BCUT2D eigenvalue weighted by molar-refractivity contribution is 5.86. The molecule has 0 aromatic heterocycles. The maximum Gasteiger partial charge on any atom is 0.372 e. The molecule has 0 saturated carbocycles. The van der Waals surface area contributed by atoms with Crippen molar-refractivity contribution < 1.29 is 40.6 Å². The summed E-state index contributed by atoms with van der Waals surface area (Å²) in [5.41, 5.74) is -0.309. The number of alkyl halides is 6. The average Bonchev–Trinajstić information content (AvgIpc) is 2.13. The molecule has 0 aliphatic heterocycles. The fraction of sp³-hybridized carbons (Fsp3) is 0.625. The number of hydrogen-bond donors (Lipinski definition) is 0. The van der Waals surface area contributed by atoms with Gasteiger partial charge in [0.05, 0.1) is 0 Å². The van der Waals surface area contributed by atoms with Crippen molar-refractivity contribution in [2.24, 2.45) is 0 Å². The first-order chi connectivity index (χ1) is 7.02. The second-order valence-electron chi connectivity index (χ2n) is 2.98. The molecule has 0 spiro atoms. The molecule has 0 aliphatic carbocycles. The highest BCUT2D eigenvalue weighted by Crippen LogP contribution is 2.39. The standard InChI is InChI=1S/C8H8F6O2.FH/c1-4(2)5(15)16-3-7(11,12)8(13,14)6(9)10;/h6H,1,3H2,2H3;1H. The number of ether oxygens (including phenoxy) is 1. The van der Waals surface area contributed by atoms with Crippen LogP contribution in [0.25, 0.3) is 0 Å². The SMILES string of the molecule is C=C(C)C(=O)OCC(F)(F)C(F)(F)C(F)F.F. The molecule has 0 amide bonds. The lowest BCUT2D eigenvalue weighted by Crippen LogP contribution is -2.49. The third-order valence-electron chi connectivity index (χ3n) is 1.49. The highest BCUT2D eigenvalue weighted by Gasteiger charge is 2.63. The first-order valence-electron chi connectivity index (χ1n) is 3.89. The maximum atomic E-state index is 12.5. The Hall–Kier alpha value is -1.28. The Morgan fingerprint density at radius 1 is 1.29 bits per heavy atom. The Balaban J connectivity index is 0. The molecule has 0 aromatic rings. The van der Waals surface area contributed by atoms with Crippen LogP contribution in [0.2, 0.25) is 0 Å². The van der Waals surface area contributed by atoms with E-state index in [0.29, 0.717) is 0 Å². The fourth-order valence-electron chi connectivity index (χ4n) is 0.535. The summed E-state index contributed by atoms with van der Waals surface area (Å²) in [6, 6.07) is 0. The van der Waals surface area contributed by atoms with E-state index < -0.39 is 30.8 Å². The number of hydrogen-bond acceptors (Lipinski definition) is 2. The first-order valence-corrected chi connectivity index (χ1v) is 3.89. The molecular weight excluding hydrogens is 261 g/mol. The Morgan fingerprint density at radius 3 is 2.00 bits per heavy atom.